The average molecular weight is 1520 g/mol. The van der Waals surface area contributed by atoms with Gasteiger partial charge in [-0.15, -0.1) is 0 Å². The molecule has 19 aromatic rings. The van der Waals surface area contributed by atoms with Gasteiger partial charge in [0.15, 0.2) is 0 Å². The van der Waals surface area contributed by atoms with Crippen LogP contribution in [0.4, 0.5) is 34.1 Å². The average Bonchev–Trinajstić information content (AvgIpc) is 1.51. The lowest BCUT2D eigenvalue weighted by Crippen LogP contribution is -2.26. The second-order valence-corrected chi connectivity index (χ2v) is 33.7. The van der Waals surface area contributed by atoms with Crippen molar-refractivity contribution in [3.8, 4) is 83.6 Å². The van der Waals surface area contributed by atoms with E-state index in [1.54, 1.807) is 0 Å². The maximum absolute atomic E-state index is 2.48. The van der Waals surface area contributed by atoms with Gasteiger partial charge in [0, 0.05) is 77.9 Å². The summed E-state index contributed by atoms with van der Waals surface area (Å²) in [5.41, 5.74) is 42.4. The summed E-state index contributed by atoms with van der Waals surface area (Å²) in [5, 5.41) is 5.09. The van der Waals surface area contributed by atoms with Gasteiger partial charge in [-0.1, -0.05) is 313 Å². The Morgan fingerprint density at radius 1 is 0.235 bits per heavy atom. The molecule has 119 heavy (non-hydrogen) atoms. The highest BCUT2D eigenvalue weighted by Crippen LogP contribution is 2.64. The second kappa shape index (κ2) is 27.3. The standard InChI is InChI=1S/C61H42N2.C54H42N2/c1-3-15-41(16-4-1)42-27-32-46(33-28-42)62(47-34-29-43(30-35-47)44-31-38-60-54(39-44)53-22-10-14-26-59(53)63(60)45-17-5-2-6-18-45)48-36-37-52-51-21-9-13-25-57(51)61(58(52)40-48)55-23-11-7-19-49(55)50-20-8-12-24-56(50)61;1-53(2)47-19-11-8-16-41(47)43-29-27-39(33-49(43)53)55(40-28-30-44-42-17-9-12-20-48(42)54(3,4)50(44)34-40)38-25-22-35(23-26-38)36-24-31-52-46(32-36)45-18-10-13-21-51(45)56(52)37-14-6-5-7-15-37/h1-5,7-17,19-40H,6,18H2;5-34H,1-4H3. The van der Waals surface area contributed by atoms with Gasteiger partial charge in [-0.25, -0.2) is 0 Å². The van der Waals surface area contributed by atoms with Crippen LogP contribution in [0.2, 0.25) is 0 Å². The first kappa shape index (κ1) is 69.9. The molecule has 17 aromatic carbocycles. The molecule has 0 aliphatic heterocycles. The van der Waals surface area contributed by atoms with E-state index < -0.39 is 5.41 Å². The van der Waals surface area contributed by atoms with Crippen molar-refractivity contribution in [1.29, 1.82) is 0 Å². The Hall–Kier alpha value is -14.6. The number of allylic oxidation sites excluding steroid dienone is 4. The normalized spacial score (nSPS) is 14.2. The van der Waals surface area contributed by atoms with Gasteiger partial charge in [-0.05, 0) is 263 Å². The summed E-state index contributed by atoms with van der Waals surface area (Å²) >= 11 is 0. The minimum Gasteiger partial charge on any atom is -0.313 e. The molecule has 0 unspecified atom stereocenters. The molecule has 4 heteroatoms. The summed E-state index contributed by atoms with van der Waals surface area (Å²) in [6.07, 6.45) is 8.84. The molecule has 0 N–H and O–H groups in total. The predicted octanol–water partition coefficient (Wildman–Crippen LogP) is 30.7. The SMILES string of the molecule is C1=CCCC(n2c3ccccc3c3cc(-c4ccc(N(c5ccc(-c6ccccc6)cc5)c5ccc6c(c5)C5(c7ccccc7-c7ccccc75)c5ccccc5-6)cc4)ccc32)=C1.CC1(C)c2ccccc2-c2ccc(N(c3ccc(-c4ccc5c(c4)c4ccccc4n5-c4ccccc4)cc3)c3ccc4c(c3)C(C)(C)c3ccccc3-4)cc21. The smallest absolute Gasteiger partial charge is 0.0726 e. The number of aromatic nitrogens is 2. The predicted molar refractivity (Wildman–Crippen MR) is 500 cm³/mol. The topological polar surface area (TPSA) is 16.3 Å². The summed E-state index contributed by atoms with van der Waals surface area (Å²) < 4.78 is 4.84. The molecule has 2 aromatic heterocycles. The van der Waals surface area contributed by atoms with Crippen LogP contribution in [0.3, 0.4) is 0 Å². The number of rotatable bonds is 11. The summed E-state index contributed by atoms with van der Waals surface area (Å²) in [6.45, 7) is 9.46. The Kier molecular flexibility index (Phi) is 16.0. The number of fused-ring (bicyclic) bond motifs is 22. The van der Waals surface area contributed by atoms with E-state index in [0.29, 0.717) is 0 Å². The first-order valence-corrected chi connectivity index (χ1v) is 41.9. The van der Waals surface area contributed by atoms with E-state index in [-0.39, 0.29) is 10.8 Å². The van der Waals surface area contributed by atoms with E-state index >= 15 is 0 Å². The van der Waals surface area contributed by atoms with Crippen molar-refractivity contribution < 1.29 is 0 Å². The molecule has 0 fully saturated rings. The molecule has 0 amide bonds. The van der Waals surface area contributed by atoms with E-state index in [2.05, 4.69) is 459 Å². The highest BCUT2D eigenvalue weighted by Gasteiger charge is 2.52. The highest BCUT2D eigenvalue weighted by molar-refractivity contribution is 6.13. The molecule has 0 radical (unpaired) electrons. The third-order valence-electron chi connectivity index (χ3n) is 26.7. The number of anilines is 6. The molecule has 5 aliphatic carbocycles. The molecule has 0 saturated heterocycles. The van der Waals surface area contributed by atoms with Crippen molar-refractivity contribution in [3.63, 3.8) is 0 Å². The summed E-state index contributed by atoms with van der Waals surface area (Å²) in [7, 11) is 0. The van der Waals surface area contributed by atoms with Crippen molar-refractivity contribution in [2.75, 3.05) is 9.80 Å². The molecule has 4 nitrogen and oxygen atoms in total. The Morgan fingerprint density at radius 3 is 1.01 bits per heavy atom. The fourth-order valence-electron chi connectivity index (χ4n) is 21.1. The first-order valence-electron chi connectivity index (χ1n) is 41.9. The first-order chi connectivity index (χ1) is 58.5. The minimum absolute atomic E-state index is 0.0959. The molecule has 0 saturated carbocycles. The van der Waals surface area contributed by atoms with E-state index in [0.717, 1.165) is 35.6 Å². The number of hydrogen-bond donors (Lipinski definition) is 0. The number of nitrogens with zero attached hydrogens (tertiary/aromatic N) is 4. The fraction of sp³-hybridized carbons (Fsp3) is 0.0783. The largest absolute Gasteiger partial charge is 0.313 e. The van der Waals surface area contributed by atoms with Crippen molar-refractivity contribution in [2.45, 2.75) is 56.8 Å². The Balaban J connectivity index is 0.000000140. The molecule has 0 atom stereocenters. The van der Waals surface area contributed by atoms with Gasteiger partial charge in [0.25, 0.3) is 0 Å². The minimum atomic E-state index is -0.423. The van der Waals surface area contributed by atoms with Crippen LogP contribution in [-0.4, -0.2) is 9.13 Å². The van der Waals surface area contributed by atoms with E-state index in [4.69, 9.17) is 0 Å². The van der Waals surface area contributed by atoms with Crippen molar-refractivity contribution in [1.82, 2.24) is 9.13 Å². The van der Waals surface area contributed by atoms with Crippen LogP contribution in [-0.2, 0) is 16.2 Å². The number of para-hydroxylation sites is 3. The third kappa shape index (κ3) is 10.8. The molecule has 2 heterocycles. The molecule has 1 spiro atoms. The van der Waals surface area contributed by atoms with E-state index in [1.165, 1.54) is 189 Å². The summed E-state index contributed by atoms with van der Waals surface area (Å²) in [6, 6.07) is 147. The zero-order valence-electron chi connectivity index (χ0n) is 67.0. The maximum Gasteiger partial charge on any atom is 0.0726 e. The van der Waals surface area contributed by atoms with Gasteiger partial charge in [0.2, 0.25) is 0 Å². The third-order valence-corrected chi connectivity index (χ3v) is 26.7. The van der Waals surface area contributed by atoms with Crippen molar-refractivity contribution >= 4 is 83.4 Å². The van der Waals surface area contributed by atoms with Gasteiger partial charge >= 0.3 is 0 Å². The van der Waals surface area contributed by atoms with Crippen LogP contribution in [0.1, 0.15) is 85.0 Å². The van der Waals surface area contributed by atoms with E-state index in [1.807, 2.05) is 0 Å². The summed E-state index contributed by atoms with van der Waals surface area (Å²) in [5.74, 6) is 0. The van der Waals surface area contributed by atoms with Gasteiger partial charge in [0.1, 0.15) is 0 Å². The van der Waals surface area contributed by atoms with Crippen molar-refractivity contribution in [3.05, 3.63) is 457 Å². The maximum atomic E-state index is 2.48. The van der Waals surface area contributed by atoms with Crippen LogP contribution in [0, 0.1) is 0 Å². The fourth-order valence-corrected chi connectivity index (χ4v) is 21.1. The molecule has 24 rings (SSSR count). The molecular formula is C115H84N4. The molecule has 0 bridgehead atoms. The van der Waals surface area contributed by atoms with Gasteiger partial charge < -0.3 is 18.9 Å². The quantitative estimate of drug-likeness (QED) is 0.128. The van der Waals surface area contributed by atoms with Gasteiger partial charge in [0.05, 0.1) is 27.5 Å². The lowest BCUT2D eigenvalue weighted by Gasteiger charge is -2.32. The highest BCUT2D eigenvalue weighted by atomic mass is 15.1. The van der Waals surface area contributed by atoms with Gasteiger partial charge in [-0.3, -0.25) is 0 Å². The van der Waals surface area contributed by atoms with Crippen LogP contribution in [0.5, 0.6) is 0 Å². The lowest BCUT2D eigenvalue weighted by atomic mass is 9.70. The van der Waals surface area contributed by atoms with Crippen LogP contribution >= 0.6 is 0 Å². The zero-order chi connectivity index (χ0) is 79.2. The Labute approximate surface area is 695 Å². The molecular weight excluding hydrogens is 1440 g/mol. The number of hydrogen-bond acceptors (Lipinski definition) is 2. The second-order valence-electron chi connectivity index (χ2n) is 33.7. The zero-order valence-corrected chi connectivity index (χ0v) is 67.0. The lowest BCUT2D eigenvalue weighted by molar-refractivity contribution is 0.660. The Bertz CT molecular complexity index is 7220. The van der Waals surface area contributed by atoms with Crippen LogP contribution in [0.25, 0.3) is 133 Å². The number of benzene rings is 17. The van der Waals surface area contributed by atoms with Crippen LogP contribution in [0.15, 0.2) is 413 Å². The monoisotopic (exact) mass is 1520 g/mol. The summed E-state index contributed by atoms with van der Waals surface area (Å²) in [4.78, 5) is 4.89. The van der Waals surface area contributed by atoms with Crippen molar-refractivity contribution in [2.24, 2.45) is 0 Å². The Morgan fingerprint density at radius 2 is 0.555 bits per heavy atom. The van der Waals surface area contributed by atoms with E-state index in [9.17, 15) is 0 Å². The van der Waals surface area contributed by atoms with Crippen LogP contribution < -0.4 is 9.80 Å². The molecule has 564 valence electrons. The molecule has 5 aliphatic rings. The van der Waals surface area contributed by atoms with Gasteiger partial charge in [-0.2, -0.15) is 0 Å².